The number of sulfone groups is 1. The van der Waals surface area contributed by atoms with Gasteiger partial charge in [0.25, 0.3) is 5.91 Å². The van der Waals surface area contributed by atoms with Gasteiger partial charge in [0.05, 0.1) is 16.4 Å². The molecule has 1 fully saturated rings. The number of carbonyl (C=O) groups is 1. The van der Waals surface area contributed by atoms with Gasteiger partial charge in [-0.2, -0.15) is 0 Å². The van der Waals surface area contributed by atoms with Crippen molar-refractivity contribution in [3.05, 3.63) is 34.4 Å². The van der Waals surface area contributed by atoms with E-state index < -0.39 is 14.8 Å². The summed E-state index contributed by atoms with van der Waals surface area (Å²) in [5, 5.41) is 10.9. The van der Waals surface area contributed by atoms with E-state index in [-0.39, 0.29) is 41.5 Å². The molecular weight excluding hydrogens is 324 g/mol. The van der Waals surface area contributed by atoms with Crippen LogP contribution in [0, 0.1) is 10.1 Å². The second-order valence-corrected chi connectivity index (χ2v) is 7.48. The number of ether oxygens (including phenoxy) is 1. The lowest BCUT2D eigenvalue weighted by Gasteiger charge is -2.26. The molecule has 0 spiro atoms. The van der Waals surface area contributed by atoms with Crippen LogP contribution in [0.2, 0.25) is 0 Å². The van der Waals surface area contributed by atoms with Gasteiger partial charge in [-0.25, -0.2) is 8.42 Å². The highest BCUT2D eigenvalue weighted by Gasteiger charge is 2.34. The molecule has 0 unspecified atom stereocenters. The third-order valence-electron chi connectivity index (χ3n) is 3.72. The number of amides is 1. The molecule has 1 aliphatic heterocycles. The lowest BCUT2D eigenvalue weighted by Crippen LogP contribution is -2.43. The predicted molar refractivity (Wildman–Crippen MR) is 83.0 cm³/mol. The summed E-state index contributed by atoms with van der Waals surface area (Å²) in [6.45, 7) is 1.75. The van der Waals surface area contributed by atoms with Crippen LogP contribution >= 0.6 is 0 Å². The van der Waals surface area contributed by atoms with Crippen molar-refractivity contribution in [2.24, 2.45) is 0 Å². The molecule has 1 aromatic rings. The second kappa shape index (κ2) is 6.95. The molecule has 0 bridgehead atoms. The SMILES string of the molecule is CCN(C(=O)COc1ccccc1[N+](=O)[O-])[C@H]1CCS(=O)(=O)C1. The Morgan fingerprint density at radius 1 is 1.43 bits per heavy atom. The Bertz CT molecular complexity index is 703. The maximum atomic E-state index is 12.3. The molecule has 9 heteroatoms. The van der Waals surface area contributed by atoms with E-state index in [1.165, 1.54) is 23.1 Å². The first-order valence-electron chi connectivity index (χ1n) is 7.20. The fraction of sp³-hybridized carbons (Fsp3) is 0.500. The molecule has 126 valence electrons. The van der Waals surface area contributed by atoms with Crippen molar-refractivity contribution in [2.75, 3.05) is 24.7 Å². The molecular formula is C14H18N2O6S. The van der Waals surface area contributed by atoms with E-state index in [0.29, 0.717) is 13.0 Å². The van der Waals surface area contributed by atoms with E-state index in [0.717, 1.165) is 0 Å². The minimum Gasteiger partial charge on any atom is -0.477 e. The lowest BCUT2D eigenvalue weighted by atomic mass is 10.2. The molecule has 2 rings (SSSR count). The number of nitro benzene ring substituents is 1. The zero-order valence-electron chi connectivity index (χ0n) is 12.7. The van der Waals surface area contributed by atoms with Crippen LogP contribution in [0.15, 0.2) is 24.3 Å². The van der Waals surface area contributed by atoms with Gasteiger partial charge in [0.1, 0.15) is 0 Å². The Hall–Kier alpha value is -2.16. The molecule has 8 nitrogen and oxygen atoms in total. The third-order valence-corrected chi connectivity index (χ3v) is 5.47. The highest BCUT2D eigenvalue weighted by molar-refractivity contribution is 7.91. The standard InChI is InChI=1S/C14H18N2O6S/c1-2-15(11-7-8-23(20,21)10-11)14(17)9-22-13-6-4-3-5-12(13)16(18)19/h3-6,11H,2,7-10H2,1H3/t11-/m0/s1. The predicted octanol–water partition coefficient (Wildman–Crippen LogP) is 1.01. The number of rotatable bonds is 6. The number of benzene rings is 1. The summed E-state index contributed by atoms with van der Waals surface area (Å²) in [5.41, 5.74) is -0.216. The molecule has 1 atom stereocenters. The van der Waals surface area contributed by atoms with Crippen molar-refractivity contribution >= 4 is 21.4 Å². The monoisotopic (exact) mass is 342 g/mol. The van der Waals surface area contributed by atoms with Crippen LogP contribution in [0.3, 0.4) is 0 Å². The minimum absolute atomic E-state index is 0.0148. The summed E-state index contributed by atoms with van der Waals surface area (Å²) in [7, 11) is -3.09. The van der Waals surface area contributed by atoms with E-state index in [4.69, 9.17) is 4.74 Å². The Morgan fingerprint density at radius 2 is 2.13 bits per heavy atom. The Kier molecular flexibility index (Phi) is 5.19. The van der Waals surface area contributed by atoms with E-state index in [9.17, 15) is 23.3 Å². The Balaban J connectivity index is 2.02. The van der Waals surface area contributed by atoms with Gasteiger partial charge in [-0.05, 0) is 19.4 Å². The Labute approximate surface area is 134 Å². The van der Waals surface area contributed by atoms with Gasteiger partial charge in [0, 0.05) is 18.7 Å². The van der Waals surface area contributed by atoms with Crippen molar-refractivity contribution < 1.29 is 22.9 Å². The van der Waals surface area contributed by atoms with Gasteiger partial charge in [-0.3, -0.25) is 14.9 Å². The van der Waals surface area contributed by atoms with Crippen LogP contribution in [-0.4, -0.2) is 54.8 Å². The summed E-state index contributed by atoms with van der Waals surface area (Å²) in [5.74, 6) is -0.335. The largest absolute Gasteiger partial charge is 0.477 e. The maximum Gasteiger partial charge on any atom is 0.310 e. The zero-order chi connectivity index (χ0) is 17.0. The third kappa shape index (κ3) is 4.19. The lowest BCUT2D eigenvalue weighted by molar-refractivity contribution is -0.385. The molecule has 0 aliphatic carbocycles. The zero-order valence-corrected chi connectivity index (χ0v) is 13.5. The van der Waals surface area contributed by atoms with E-state index in [1.54, 1.807) is 13.0 Å². The molecule has 0 N–H and O–H groups in total. The van der Waals surface area contributed by atoms with E-state index in [2.05, 4.69) is 0 Å². The second-order valence-electron chi connectivity index (χ2n) is 5.25. The van der Waals surface area contributed by atoms with Gasteiger partial charge in [0.15, 0.2) is 22.2 Å². The van der Waals surface area contributed by atoms with E-state index in [1.807, 2.05) is 0 Å². The molecule has 1 saturated heterocycles. The van der Waals surface area contributed by atoms with Crippen LogP contribution in [-0.2, 0) is 14.6 Å². The molecule has 0 aromatic heterocycles. The first kappa shape index (κ1) is 17.2. The van der Waals surface area contributed by atoms with Crippen LogP contribution < -0.4 is 4.74 Å². The number of hydrogen-bond acceptors (Lipinski definition) is 6. The molecule has 0 saturated carbocycles. The molecule has 1 aliphatic rings. The first-order chi connectivity index (χ1) is 10.8. The highest BCUT2D eigenvalue weighted by Crippen LogP contribution is 2.26. The maximum absolute atomic E-state index is 12.3. The van der Waals surface area contributed by atoms with Crippen LogP contribution in [0.1, 0.15) is 13.3 Å². The topological polar surface area (TPSA) is 107 Å². The smallest absolute Gasteiger partial charge is 0.310 e. The minimum atomic E-state index is -3.09. The summed E-state index contributed by atoms with van der Waals surface area (Å²) >= 11 is 0. The van der Waals surface area contributed by atoms with Gasteiger partial charge < -0.3 is 9.64 Å². The molecule has 1 heterocycles. The summed E-state index contributed by atoms with van der Waals surface area (Å²) in [4.78, 5) is 24.0. The average molecular weight is 342 g/mol. The Morgan fingerprint density at radius 3 is 2.70 bits per heavy atom. The number of nitro groups is 1. The fourth-order valence-corrected chi connectivity index (χ4v) is 4.34. The van der Waals surface area contributed by atoms with Crippen molar-refractivity contribution in [3.63, 3.8) is 0 Å². The van der Waals surface area contributed by atoms with Crippen molar-refractivity contribution in [1.29, 1.82) is 0 Å². The van der Waals surface area contributed by atoms with Gasteiger partial charge >= 0.3 is 5.69 Å². The van der Waals surface area contributed by atoms with Gasteiger partial charge in [0.2, 0.25) is 0 Å². The molecule has 1 amide bonds. The summed E-state index contributed by atoms with van der Waals surface area (Å²) in [6.07, 6.45) is 0.410. The van der Waals surface area contributed by atoms with Crippen molar-refractivity contribution in [3.8, 4) is 5.75 Å². The van der Waals surface area contributed by atoms with Gasteiger partial charge in [-0.1, -0.05) is 12.1 Å². The van der Waals surface area contributed by atoms with Crippen LogP contribution in [0.4, 0.5) is 5.69 Å². The molecule has 23 heavy (non-hydrogen) atoms. The van der Waals surface area contributed by atoms with Crippen molar-refractivity contribution in [1.82, 2.24) is 4.90 Å². The molecule has 1 aromatic carbocycles. The number of likely N-dealkylation sites (N-methyl/N-ethyl adjacent to an activating group) is 1. The number of nitrogens with zero attached hydrogens (tertiary/aromatic N) is 2. The summed E-state index contributed by atoms with van der Waals surface area (Å²) in [6, 6.07) is 5.44. The highest BCUT2D eigenvalue weighted by atomic mass is 32.2. The van der Waals surface area contributed by atoms with Crippen LogP contribution in [0.25, 0.3) is 0 Å². The van der Waals surface area contributed by atoms with Crippen LogP contribution in [0.5, 0.6) is 5.75 Å². The number of carbonyl (C=O) groups excluding carboxylic acids is 1. The summed E-state index contributed by atoms with van der Waals surface area (Å²) < 4.78 is 28.3. The van der Waals surface area contributed by atoms with E-state index >= 15 is 0 Å². The first-order valence-corrected chi connectivity index (χ1v) is 9.02. The molecule has 0 radical (unpaired) electrons. The van der Waals surface area contributed by atoms with Crippen molar-refractivity contribution in [2.45, 2.75) is 19.4 Å². The average Bonchev–Trinajstić information content (AvgIpc) is 2.86. The number of hydrogen-bond donors (Lipinski definition) is 0. The normalized spacial score (nSPS) is 19.3. The fourth-order valence-electron chi connectivity index (χ4n) is 2.61. The quantitative estimate of drug-likeness (QED) is 0.564. The number of para-hydroxylation sites is 2. The van der Waals surface area contributed by atoms with Gasteiger partial charge in [-0.15, -0.1) is 0 Å².